The Kier molecular flexibility index (Phi) is 6.72. The van der Waals surface area contributed by atoms with E-state index in [2.05, 4.69) is 37.9 Å². The zero-order valence-electron chi connectivity index (χ0n) is 7.18. The molecule has 13 heavy (non-hydrogen) atoms. The van der Waals surface area contributed by atoms with Crippen LogP contribution in [-0.4, -0.2) is 31.5 Å². The Balaban J connectivity index is 2.42. The fourth-order valence-corrected chi connectivity index (χ4v) is 7.86. The van der Waals surface area contributed by atoms with E-state index in [1.54, 1.807) is 0 Å². The second-order valence-corrected chi connectivity index (χ2v) is 8.90. The molecule has 78 valence electrons. The monoisotopic (exact) mass is 290 g/mol. The van der Waals surface area contributed by atoms with Gasteiger partial charge in [-0.2, -0.15) is 37.9 Å². The van der Waals surface area contributed by atoms with Crippen molar-refractivity contribution in [3.8, 4) is 0 Å². The minimum Gasteiger partial charge on any atom is -0.179 e. The lowest BCUT2D eigenvalue weighted by molar-refractivity contribution is 0.772. The average Bonchev–Trinajstić information content (AvgIpc) is 2.19. The van der Waals surface area contributed by atoms with Crippen LogP contribution in [0.15, 0.2) is 0 Å². The van der Waals surface area contributed by atoms with Crippen LogP contribution in [0.5, 0.6) is 0 Å². The van der Waals surface area contributed by atoms with Crippen molar-refractivity contribution in [3.63, 3.8) is 0 Å². The van der Waals surface area contributed by atoms with Crippen LogP contribution in [0, 0.1) is 5.92 Å². The van der Waals surface area contributed by atoms with Crippen LogP contribution in [0.4, 0.5) is 0 Å². The molecule has 0 aromatic heterocycles. The Morgan fingerprint density at radius 1 is 1.23 bits per heavy atom. The SMILES string of the molecule is SCSC1(CS)SCC(CS)CS1. The lowest BCUT2D eigenvalue weighted by atomic mass is 10.3. The molecule has 0 radical (unpaired) electrons. The molecule has 0 N–H and O–H groups in total. The first-order chi connectivity index (χ1) is 6.26. The second-order valence-electron chi connectivity index (χ2n) is 2.79. The maximum atomic E-state index is 4.43. The molecule has 1 fully saturated rings. The summed E-state index contributed by atoms with van der Waals surface area (Å²) in [5.74, 6) is 5.14. The van der Waals surface area contributed by atoms with Crippen LogP contribution < -0.4 is 0 Å². The van der Waals surface area contributed by atoms with Gasteiger partial charge in [-0.3, -0.25) is 0 Å². The summed E-state index contributed by atoms with van der Waals surface area (Å²) in [6, 6.07) is 0. The zero-order valence-corrected chi connectivity index (χ0v) is 12.3. The number of thiol groups is 3. The fraction of sp³-hybridized carbons (Fsp3) is 1.00. The van der Waals surface area contributed by atoms with Crippen LogP contribution in [0.25, 0.3) is 0 Å². The Hall–Kier alpha value is 2.10. The van der Waals surface area contributed by atoms with Gasteiger partial charge in [-0.15, -0.1) is 35.3 Å². The number of thioether (sulfide) groups is 3. The highest BCUT2D eigenvalue weighted by atomic mass is 32.3. The van der Waals surface area contributed by atoms with Gasteiger partial charge in [0.1, 0.15) is 3.41 Å². The third-order valence-electron chi connectivity index (χ3n) is 1.81. The summed E-state index contributed by atoms with van der Waals surface area (Å²) >= 11 is 19.0. The van der Waals surface area contributed by atoms with Crippen molar-refractivity contribution in [2.24, 2.45) is 5.92 Å². The van der Waals surface area contributed by atoms with Gasteiger partial charge in [0, 0.05) is 10.8 Å². The predicted octanol–water partition coefficient (Wildman–Crippen LogP) is 3.22. The lowest BCUT2D eigenvalue weighted by Crippen LogP contribution is -2.29. The normalized spacial score (nSPS) is 34.8. The van der Waals surface area contributed by atoms with Crippen LogP contribution >= 0.6 is 73.2 Å². The van der Waals surface area contributed by atoms with Crippen molar-refractivity contribution < 1.29 is 0 Å². The van der Waals surface area contributed by atoms with Gasteiger partial charge >= 0.3 is 0 Å². The molecule has 1 saturated heterocycles. The predicted molar refractivity (Wildman–Crippen MR) is 80.3 cm³/mol. The highest BCUT2D eigenvalue weighted by molar-refractivity contribution is 8.36. The molecule has 0 aromatic carbocycles. The fourth-order valence-electron chi connectivity index (χ4n) is 1.00. The summed E-state index contributed by atoms with van der Waals surface area (Å²) in [5.41, 5.74) is 0. The molecule has 1 heterocycles. The maximum Gasteiger partial charge on any atom is 0.116 e. The molecular weight excluding hydrogens is 276 g/mol. The minimum atomic E-state index is 0.254. The van der Waals surface area contributed by atoms with Crippen LogP contribution in [0.3, 0.4) is 0 Å². The second kappa shape index (κ2) is 6.63. The maximum absolute atomic E-state index is 4.43. The highest BCUT2D eigenvalue weighted by Crippen LogP contribution is 2.52. The van der Waals surface area contributed by atoms with Crippen molar-refractivity contribution in [3.05, 3.63) is 0 Å². The van der Waals surface area contributed by atoms with Gasteiger partial charge < -0.3 is 0 Å². The summed E-state index contributed by atoms with van der Waals surface area (Å²) in [5, 5.41) is 0.881. The van der Waals surface area contributed by atoms with Crippen molar-refractivity contribution >= 4 is 73.2 Å². The topological polar surface area (TPSA) is 0 Å². The van der Waals surface area contributed by atoms with Gasteiger partial charge in [-0.05, 0) is 23.2 Å². The van der Waals surface area contributed by atoms with E-state index in [1.165, 1.54) is 11.5 Å². The van der Waals surface area contributed by atoms with E-state index >= 15 is 0 Å². The standard InChI is InChI=1S/C7H14S6/c8-1-6-2-11-7(4-9,12-3-6)13-5-10/h6,8-10H,1-5H2. The molecule has 1 rings (SSSR count). The Morgan fingerprint density at radius 3 is 2.23 bits per heavy atom. The largest absolute Gasteiger partial charge is 0.179 e. The van der Waals surface area contributed by atoms with E-state index in [0.717, 1.165) is 22.5 Å². The quantitative estimate of drug-likeness (QED) is 0.538. The average molecular weight is 291 g/mol. The zero-order chi connectivity index (χ0) is 9.73. The van der Waals surface area contributed by atoms with Crippen LogP contribution in [0.2, 0.25) is 0 Å². The Labute approximate surface area is 110 Å². The van der Waals surface area contributed by atoms with Gasteiger partial charge in [-0.25, -0.2) is 0 Å². The first-order valence-electron chi connectivity index (χ1n) is 4.01. The van der Waals surface area contributed by atoms with Crippen molar-refractivity contribution in [2.75, 3.05) is 28.1 Å². The van der Waals surface area contributed by atoms with Gasteiger partial charge in [0.15, 0.2) is 0 Å². The molecule has 0 bridgehead atoms. The molecule has 1 aliphatic rings. The minimum absolute atomic E-state index is 0.254. The highest BCUT2D eigenvalue weighted by Gasteiger charge is 2.35. The third-order valence-corrected chi connectivity index (χ3v) is 9.11. The molecule has 0 aliphatic carbocycles. The third kappa shape index (κ3) is 3.87. The van der Waals surface area contributed by atoms with E-state index in [4.69, 9.17) is 0 Å². The summed E-state index contributed by atoms with van der Waals surface area (Å²) in [6.45, 7) is 0. The molecule has 0 atom stereocenters. The van der Waals surface area contributed by atoms with Gasteiger partial charge in [0.25, 0.3) is 0 Å². The van der Waals surface area contributed by atoms with E-state index in [-0.39, 0.29) is 3.41 Å². The molecule has 0 spiro atoms. The summed E-state index contributed by atoms with van der Waals surface area (Å²) in [6.07, 6.45) is 0. The van der Waals surface area contributed by atoms with E-state index in [9.17, 15) is 0 Å². The lowest BCUT2D eigenvalue weighted by Gasteiger charge is -2.36. The van der Waals surface area contributed by atoms with Crippen molar-refractivity contribution in [1.82, 2.24) is 0 Å². The van der Waals surface area contributed by atoms with Crippen molar-refractivity contribution in [2.45, 2.75) is 3.41 Å². The molecule has 0 saturated carbocycles. The van der Waals surface area contributed by atoms with Crippen LogP contribution in [0.1, 0.15) is 0 Å². The van der Waals surface area contributed by atoms with Gasteiger partial charge in [0.05, 0.1) is 0 Å². The molecule has 6 heteroatoms. The molecule has 0 nitrogen and oxygen atoms in total. The van der Waals surface area contributed by atoms with E-state index < -0.39 is 0 Å². The summed E-state index contributed by atoms with van der Waals surface area (Å²) < 4.78 is 0.254. The molecule has 0 unspecified atom stereocenters. The Bertz CT molecular complexity index is 142. The van der Waals surface area contributed by atoms with Crippen LogP contribution in [-0.2, 0) is 0 Å². The molecular formula is C7H14S6. The molecule has 1 aliphatic heterocycles. The Morgan fingerprint density at radius 2 is 1.85 bits per heavy atom. The summed E-state index contributed by atoms with van der Waals surface area (Å²) in [7, 11) is 0. The number of hydrogen-bond donors (Lipinski definition) is 3. The smallest absolute Gasteiger partial charge is 0.116 e. The number of hydrogen-bond acceptors (Lipinski definition) is 6. The first kappa shape index (κ1) is 13.2. The first-order valence-corrected chi connectivity index (χ1v) is 8.86. The summed E-state index contributed by atoms with van der Waals surface area (Å²) in [4.78, 5) is 0. The van der Waals surface area contributed by atoms with Crippen molar-refractivity contribution in [1.29, 1.82) is 0 Å². The molecule has 0 amide bonds. The van der Waals surface area contributed by atoms with Gasteiger partial charge in [-0.1, -0.05) is 0 Å². The number of rotatable bonds is 4. The van der Waals surface area contributed by atoms with Gasteiger partial charge in [0.2, 0.25) is 0 Å². The van der Waals surface area contributed by atoms with E-state index in [0.29, 0.717) is 0 Å². The van der Waals surface area contributed by atoms with E-state index in [1.807, 2.05) is 35.3 Å². The molecule has 0 aromatic rings.